The molecular formula is C23H31N3O4. The number of aliphatic hydroxyl groups is 1. The van der Waals surface area contributed by atoms with Gasteiger partial charge in [-0.05, 0) is 55.7 Å². The number of imidazole rings is 1. The van der Waals surface area contributed by atoms with Gasteiger partial charge in [0.05, 0.1) is 24.2 Å². The zero-order chi connectivity index (χ0) is 20.8. The van der Waals surface area contributed by atoms with Crippen LogP contribution in [0, 0.1) is 11.8 Å². The van der Waals surface area contributed by atoms with Crippen LogP contribution in [0.1, 0.15) is 50.8 Å². The van der Waals surface area contributed by atoms with Crippen LogP contribution in [-0.4, -0.2) is 40.5 Å². The highest BCUT2D eigenvalue weighted by molar-refractivity contribution is 5.91. The Labute approximate surface area is 176 Å². The fraction of sp³-hybridized carbons (Fsp3) is 0.565. The molecule has 0 spiro atoms. The van der Waals surface area contributed by atoms with Crippen LogP contribution in [0.25, 0.3) is 11.0 Å². The van der Waals surface area contributed by atoms with Gasteiger partial charge in [0.15, 0.2) is 5.76 Å². The molecule has 0 radical (unpaired) electrons. The van der Waals surface area contributed by atoms with Gasteiger partial charge in [0.1, 0.15) is 5.82 Å². The quantitative estimate of drug-likeness (QED) is 0.548. The van der Waals surface area contributed by atoms with Crippen LogP contribution in [0.2, 0.25) is 0 Å². The molecule has 2 heterocycles. The second kappa shape index (κ2) is 10.1. The van der Waals surface area contributed by atoms with Crippen molar-refractivity contribution in [1.82, 2.24) is 15.3 Å². The van der Waals surface area contributed by atoms with Gasteiger partial charge in [-0.2, -0.15) is 0 Å². The molecule has 2 aromatic rings. The van der Waals surface area contributed by atoms with Crippen molar-refractivity contribution in [3.05, 3.63) is 41.9 Å². The third-order valence-electron chi connectivity index (χ3n) is 6.03. The summed E-state index contributed by atoms with van der Waals surface area (Å²) >= 11 is 0. The highest BCUT2D eigenvalue weighted by Crippen LogP contribution is 2.38. The molecule has 7 nitrogen and oxygen atoms in total. The van der Waals surface area contributed by atoms with Gasteiger partial charge in [-0.25, -0.2) is 4.98 Å². The summed E-state index contributed by atoms with van der Waals surface area (Å²) in [5, 5.41) is 11.9. The minimum atomic E-state index is -0.411. The maximum Gasteiger partial charge on any atom is 0.286 e. The summed E-state index contributed by atoms with van der Waals surface area (Å²) in [6.07, 6.45) is 8.77. The van der Waals surface area contributed by atoms with Gasteiger partial charge < -0.3 is 24.9 Å². The number of allylic oxidation sites excluding steroid dienone is 1. The third kappa shape index (κ3) is 5.21. The number of unbranched alkanes of at least 4 members (excludes halogenated alkanes) is 1. The topological polar surface area (TPSA) is 96.5 Å². The van der Waals surface area contributed by atoms with Crippen LogP contribution >= 0.6 is 0 Å². The lowest BCUT2D eigenvalue weighted by molar-refractivity contribution is -0.151. The Hall–Kier alpha value is -2.38. The number of benzene rings is 1. The molecule has 7 heteroatoms. The van der Waals surface area contributed by atoms with Gasteiger partial charge in [0.2, 0.25) is 6.29 Å². The average molecular weight is 414 g/mol. The van der Waals surface area contributed by atoms with Crippen LogP contribution in [-0.2, 0) is 20.8 Å². The van der Waals surface area contributed by atoms with Crippen molar-refractivity contribution in [2.75, 3.05) is 13.2 Å². The number of ether oxygens (including phenoxy) is 2. The largest absolute Gasteiger partial charge is 0.459 e. The zero-order valence-corrected chi connectivity index (χ0v) is 17.3. The number of carbonyl (C=O) groups excluding carboxylic acids is 1. The van der Waals surface area contributed by atoms with E-state index in [0.717, 1.165) is 23.9 Å². The van der Waals surface area contributed by atoms with Crippen LogP contribution in [0.4, 0.5) is 0 Å². The summed E-state index contributed by atoms with van der Waals surface area (Å²) < 4.78 is 11.8. The molecule has 1 aromatic carbocycles. The monoisotopic (exact) mass is 413 g/mol. The Morgan fingerprint density at radius 2 is 2.10 bits per heavy atom. The number of aromatic amines is 1. The standard InChI is InChI=1S/C23H31N3O4/c27-11-5-6-12-29-22-14-17(16-7-1-2-8-16)13-20(30-22)23(28)24-15-21-25-18-9-3-4-10-19(18)26-21/h3-4,9-10,13,16-17,22,27H,1-2,5-8,11-12,14-15H2,(H,24,28)(H,25,26)/t17-,22+/m1/s1. The normalized spacial score (nSPS) is 22.1. The van der Waals surface area contributed by atoms with Gasteiger partial charge >= 0.3 is 0 Å². The Morgan fingerprint density at radius 1 is 1.27 bits per heavy atom. The van der Waals surface area contributed by atoms with Crippen LogP contribution in [0.5, 0.6) is 0 Å². The minimum absolute atomic E-state index is 0.162. The van der Waals surface area contributed by atoms with E-state index < -0.39 is 6.29 Å². The summed E-state index contributed by atoms with van der Waals surface area (Å²) in [7, 11) is 0. The maximum atomic E-state index is 12.8. The minimum Gasteiger partial charge on any atom is -0.459 e. The molecule has 1 aromatic heterocycles. The summed E-state index contributed by atoms with van der Waals surface area (Å²) in [5.74, 6) is 1.72. The van der Waals surface area contributed by atoms with E-state index in [1.807, 2.05) is 30.3 Å². The molecule has 1 fully saturated rings. The van der Waals surface area contributed by atoms with Gasteiger partial charge in [-0.15, -0.1) is 0 Å². The fourth-order valence-corrected chi connectivity index (χ4v) is 4.43. The number of hydrogen-bond acceptors (Lipinski definition) is 5. The van der Waals surface area contributed by atoms with Crippen molar-refractivity contribution in [3.8, 4) is 0 Å². The predicted octanol–water partition coefficient (Wildman–Crippen LogP) is 3.40. The Morgan fingerprint density at radius 3 is 2.90 bits per heavy atom. The average Bonchev–Trinajstić information content (AvgIpc) is 3.44. The molecule has 2 aliphatic rings. The van der Waals surface area contributed by atoms with Crippen molar-refractivity contribution in [1.29, 1.82) is 0 Å². The van der Waals surface area contributed by atoms with Crippen molar-refractivity contribution in [2.24, 2.45) is 11.8 Å². The number of nitrogens with one attached hydrogen (secondary N) is 2. The molecule has 30 heavy (non-hydrogen) atoms. The SMILES string of the molecule is O=C(NCc1nc2ccccc2[nH]1)C1=C[C@@H](C2CCCC2)C[C@@H](OCCCCO)O1. The first kappa shape index (κ1) is 20.9. The summed E-state index contributed by atoms with van der Waals surface area (Å²) in [4.78, 5) is 20.6. The number of fused-ring (bicyclic) bond motifs is 1. The molecular weight excluding hydrogens is 382 g/mol. The van der Waals surface area contributed by atoms with Gasteiger partial charge in [-0.1, -0.05) is 25.0 Å². The molecule has 3 N–H and O–H groups in total. The van der Waals surface area contributed by atoms with Crippen LogP contribution < -0.4 is 5.32 Å². The van der Waals surface area contributed by atoms with E-state index in [1.165, 1.54) is 25.7 Å². The number of amides is 1. The number of carbonyl (C=O) groups is 1. The molecule has 1 aliphatic carbocycles. The van der Waals surface area contributed by atoms with Crippen molar-refractivity contribution in [3.63, 3.8) is 0 Å². The number of hydrogen-bond donors (Lipinski definition) is 3. The van der Waals surface area contributed by atoms with E-state index in [2.05, 4.69) is 15.3 Å². The highest BCUT2D eigenvalue weighted by atomic mass is 16.7. The first-order valence-electron chi connectivity index (χ1n) is 11.1. The zero-order valence-electron chi connectivity index (χ0n) is 17.3. The van der Waals surface area contributed by atoms with Crippen molar-refractivity contribution in [2.45, 2.75) is 57.8 Å². The van der Waals surface area contributed by atoms with E-state index in [4.69, 9.17) is 14.6 Å². The lowest BCUT2D eigenvalue weighted by atomic mass is 9.86. The van der Waals surface area contributed by atoms with E-state index in [1.54, 1.807) is 0 Å². The second-order valence-electron chi connectivity index (χ2n) is 8.21. The number of para-hydroxylation sites is 2. The number of nitrogens with zero attached hydrogens (tertiary/aromatic N) is 1. The first-order valence-corrected chi connectivity index (χ1v) is 11.1. The molecule has 0 saturated heterocycles. The number of rotatable bonds is 9. The number of aromatic nitrogens is 2. The number of H-pyrrole nitrogens is 1. The first-order chi connectivity index (χ1) is 14.7. The molecule has 1 aliphatic heterocycles. The summed E-state index contributed by atoms with van der Waals surface area (Å²) in [6.45, 7) is 0.996. The lowest BCUT2D eigenvalue weighted by Gasteiger charge is -2.32. The Balaban J connectivity index is 1.38. The molecule has 4 rings (SSSR count). The van der Waals surface area contributed by atoms with E-state index in [-0.39, 0.29) is 12.5 Å². The predicted molar refractivity (Wildman–Crippen MR) is 113 cm³/mol. The molecule has 162 valence electrons. The third-order valence-corrected chi connectivity index (χ3v) is 6.03. The summed E-state index contributed by atoms with van der Waals surface area (Å²) in [6, 6.07) is 7.80. The van der Waals surface area contributed by atoms with Crippen LogP contribution in [0.15, 0.2) is 36.1 Å². The van der Waals surface area contributed by atoms with E-state index in [9.17, 15) is 4.79 Å². The molecule has 0 unspecified atom stereocenters. The molecule has 1 saturated carbocycles. The maximum absolute atomic E-state index is 12.8. The Kier molecular flexibility index (Phi) is 7.02. The highest BCUT2D eigenvalue weighted by Gasteiger charge is 2.33. The molecule has 1 amide bonds. The molecule has 0 bridgehead atoms. The van der Waals surface area contributed by atoms with E-state index in [0.29, 0.717) is 43.0 Å². The van der Waals surface area contributed by atoms with Crippen molar-refractivity contribution < 1.29 is 19.4 Å². The van der Waals surface area contributed by atoms with Crippen molar-refractivity contribution >= 4 is 16.9 Å². The van der Waals surface area contributed by atoms with E-state index >= 15 is 0 Å². The smallest absolute Gasteiger partial charge is 0.286 e. The summed E-state index contributed by atoms with van der Waals surface area (Å²) in [5.41, 5.74) is 1.83. The Bertz CT molecular complexity index is 839. The van der Waals surface area contributed by atoms with Gasteiger partial charge in [0, 0.05) is 13.0 Å². The lowest BCUT2D eigenvalue weighted by Crippen LogP contribution is -2.34. The number of aliphatic hydroxyl groups excluding tert-OH is 1. The second-order valence-corrected chi connectivity index (χ2v) is 8.21. The fourth-order valence-electron chi connectivity index (χ4n) is 4.43. The van der Waals surface area contributed by atoms with Gasteiger partial charge in [0.25, 0.3) is 5.91 Å². The van der Waals surface area contributed by atoms with Crippen LogP contribution in [0.3, 0.4) is 0 Å². The molecule has 2 atom stereocenters. The van der Waals surface area contributed by atoms with Gasteiger partial charge in [-0.3, -0.25) is 4.79 Å².